The van der Waals surface area contributed by atoms with E-state index in [9.17, 15) is 0 Å². The first-order valence-electron chi connectivity index (χ1n) is 7.22. The van der Waals surface area contributed by atoms with Crippen LogP contribution in [-0.2, 0) is 6.54 Å². The molecule has 3 rings (SSSR count). The summed E-state index contributed by atoms with van der Waals surface area (Å²) in [5.74, 6) is 0.924. The number of hydrogen-bond acceptors (Lipinski definition) is 1. The molecule has 0 bridgehead atoms. The average Bonchev–Trinajstić information content (AvgIpc) is 3.01. The van der Waals surface area contributed by atoms with Gasteiger partial charge in [-0.3, -0.25) is 0 Å². The van der Waals surface area contributed by atoms with Crippen LogP contribution in [0.4, 0.5) is 0 Å². The molecule has 20 heavy (non-hydrogen) atoms. The van der Waals surface area contributed by atoms with Crippen molar-refractivity contribution in [3.8, 4) is 0 Å². The third kappa shape index (κ3) is 2.90. The lowest BCUT2D eigenvalue weighted by Gasteiger charge is -2.09. The molecule has 0 atom stereocenters. The first-order valence-corrected chi connectivity index (χ1v) is 8.39. The molecule has 1 N–H and O–H groups in total. The van der Waals surface area contributed by atoms with Gasteiger partial charge in [-0.2, -0.15) is 0 Å². The molecule has 1 fully saturated rings. The molecule has 1 aromatic heterocycles. The molecular formula is C15H18Cl2N2S. The third-order valence-corrected chi connectivity index (χ3v) is 5.33. The summed E-state index contributed by atoms with van der Waals surface area (Å²) in [4.78, 5) is 3.21. The number of rotatable bonds is 4. The molecule has 2 aromatic rings. The van der Waals surface area contributed by atoms with Crippen LogP contribution in [0.15, 0.2) is 12.1 Å². The van der Waals surface area contributed by atoms with E-state index in [2.05, 4.69) is 9.55 Å². The maximum absolute atomic E-state index is 6.11. The number of benzene rings is 1. The molecule has 0 saturated heterocycles. The number of nitrogens with zero attached hydrogens (tertiary/aromatic N) is 1. The average molecular weight is 329 g/mol. The molecule has 1 heterocycles. The van der Waals surface area contributed by atoms with Crippen molar-refractivity contribution < 1.29 is 0 Å². The van der Waals surface area contributed by atoms with Crippen LogP contribution in [0.1, 0.15) is 38.5 Å². The van der Waals surface area contributed by atoms with Gasteiger partial charge in [0.25, 0.3) is 0 Å². The van der Waals surface area contributed by atoms with Crippen molar-refractivity contribution in [2.75, 3.05) is 0 Å². The highest BCUT2D eigenvalue weighted by atomic mass is 35.5. The van der Waals surface area contributed by atoms with Crippen LogP contribution in [0.3, 0.4) is 0 Å². The van der Waals surface area contributed by atoms with Crippen molar-refractivity contribution >= 4 is 46.5 Å². The molecule has 0 radical (unpaired) electrons. The Kier molecular flexibility index (Phi) is 4.39. The molecule has 0 unspecified atom stereocenters. The summed E-state index contributed by atoms with van der Waals surface area (Å²) in [5, 5.41) is 1.14. The fourth-order valence-corrected chi connectivity index (χ4v) is 3.83. The number of aromatic nitrogens is 2. The highest BCUT2D eigenvalue weighted by molar-refractivity contribution is 7.71. The summed E-state index contributed by atoms with van der Waals surface area (Å²) in [5.41, 5.74) is 2.01. The predicted octanol–water partition coefficient (Wildman–Crippen LogP) is 5.98. The Labute approximate surface area is 134 Å². The van der Waals surface area contributed by atoms with E-state index in [4.69, 9.17) is 35.4 Å². The molecule has 1 saturated carbocycles. The quantitative estimate of drug-likeness (QED) is 0.685. The van der Waals surface area contributed by atoms with E-state index < -0.39 is 0 Å². The molecule has 1 aliphatic carbocycles. The normalized spacial score (nSPS) is 16.3. The zero-order valence-corrected chi connectivity index (χ0v) is 13.6. The predicted molar refractivity (Wildman–Crippen MR) is 88.3 cm³/mol. The summed E-state index contributed by atoms with van der Waals surface area (Å²) >= 11 is 17.6. The summed E-state index contributed by atoms with van der Waals surface area (Å²) in [6.45, 7) is 0.952. The Morgan fingerprint density at radius 1 is 1.20 bits per heavy atom. The number of hydrogen-bond donors (Lipinski definition) is 1. The number of nitrogens with one attached hydrogen (secondary N) is 1. The first kappa shape index (κ1) is 14.4. The van der Waals surface area contributed by atoms with Crippen LogP contribution in [-0.4, -0.2) is 9.55 Å². The van der Waals surface area contributed by atoms with E-state index in [1.807, 2.05) is 12.1 Å². The van der Waals surface area contributed by atoms with Gasteiger partial charge in [0.2, 0.25) is 0 Å². The van der Waals surface area contributed by atoms with Gasteiger partial charge in [0.1, 0.15) is 0 Å². The van der Waals surface area contributed by atoms with Crippen LogP contribution in [0.25, 0.3) is 11.0 Å². The number of fused-ring (bicyclic) bond motifs is 1. The lowest BCUT2D eigenvalue weighted by molar-refractivity contribution is 0.460. The number of imidazole rings is 1. The second-order valence-corrected chi connectivity index (χ2v) is 6.86. The lowest BCUT2D eigenvalue weighted by atomic mass is 10.0. The Bertz CT molecular complexity index is 668. The minimum absolute atomic E-state index is 0.563. The third-order valence-electron chi connectivity index (χ3n) is 4.28. The Morgan fingerprint density at radius 3 is 2.65 bits per heavy atom. The topological polar surface area (TPSA) is 20.7 Å². The van der Waals surface area contributed by atoms with Crippen molar-refractivity contribution in [3.05, 3.63) is 26.9 Å². The van der Waals surface area contributed by atoms with Crippen LogP contribution >= 0.6 is 35.4 Å². The maximum atomic E-state index is 6.11. The van der Waals surface area contributed by atoms with Crippen molar-refractivity contribution in [1.82, 2.24) is 9.55 Å². The summed E-state index contributed by atoms with van der Waals surface area (Å²) in [6.07, 6.45) is 8.10. The van der Waals surface area contributed by atoms with Crippen molar-refractivity contribution in [2.24, 2.45) is 5.92 Å². The number of aryl methyl sites for hydroxylation is 1. The second kappa shape index (κ2) is 6.08. The fraction of sp³-hybridized carbons (Fsp3) is 0.533. The van der Waals surface area contributed by atoms with Gasteiger partial charge in [0.05, 0.1) is 21.1 Å². The highest BCUT2D eigenvalue weighted by Gasteiger charge is 2.15. The van der Waals surface area contributed by atoms with E-state index in [1.54, 1.807) is 0 Å². The minimum Gasteiger partial charge on any atom is -0.331 e. The monoisotopic (exact) mass is 328 g/mol. The summed E-state index contributed by atoms with van der Waals surface area (Å²) in [6, 6.07) is 3.75. The smallest absolute Gasteiger partial charge is 0.178 e. The van der Waals surface area contributed by atoms with Crippen LogP contribution in [0, 0.1) is 10.7 Å². The molecule has 1 aliphatic rings. The summed E-state index contributed by atoms with van der Waals surface area (Å²) in [7, 11) is 0. The SMILES string of the molecule is S=c1[nH]c2cc(Cl)c(Cl)cc2n1CCCC1CCCC1. The van der Waals surface area contributed by atoms with E-state index in [-0.39, 0.29) is 0 Å². The standard InChI is InChI=1S/C15H18Cl2N2S/c16-11-8-13-14(9-12(11)17)19(15(20)18-13)7-3-6-10-4-1-2-5-10/h8-10H,1-7H2,(H,18,20). The largest absolute Gasteiger partial charge is 0.331 e. The van der Waals surface area contributed by atoms with Gasteiger partial charge >= 0.3 is 0 Å². The summed E-state index contributed by atoms with van der Waals surface area (Å²) < 4.78 is 2.90. The number of halogens is 2. The molecule has 1 aromatic carbocycles. The molecule has 5 heteroatoms. The van der Waals surface area contributed by atoms with Gasteiger partial charge in [-0.05, 0) is 43.1 Å². The Balaban J connectivity index is 1.78. The molecule has 2 nitrogen and oxygen atoms in total. The molecule has 0 spiro atoms. The van der Waals surface area contributed by atoms with Gasteiger partial charge < -0.3 is 9.55 Å². The molecule has 108 valence electrons. The van der Waals surface area contributed by atoms with Crippen LogP contribution < -0.4 is 0 Å². The van der Waals surface area contributed by atoms with Gasteiger partial charge in [-0.25, -0.2) is 0 Å². The number of aromatic amines is 1. The minimum atomic E-state index is 0.563. The van der Waals surface area contributed by atoms with Crippen molar-refractivity contribution in [1.29, 1.82) is 0 Å². The van der Waals surface area contributed by atoms with Crippen LogP contribution in [0.5, 0.6) is 0 Å². The van der Waals surface area contributed by atoms with Crippen molar-refractivity contribution in [2.45, 2.75) is 45.1 Å². The van der Waals surface area contributed by atoms with E-state index >= 15 is 0 Å². The second-order valence-electron chi connectivity index (χ2n) is 5.66. The molecule has 0 aliphatic heterocycles. The highest BCUT2D eigenvalue weighted by Crippen LogP contribution is 2.30. The van der Waals surface area contributed by atoms with Gasteiger partial charge in [-0.1, -0.05) is 48.9 Å². The van der Waals surface area contributed by atoms with Gasteiger partial charge in [-0.15, -0.1) is 0 Å². The van der Waals surface area contributed by atoms with Gasteiger partial charge in [0.15, 0.2) is 4.77 Å². The van der Waals surface area contributed by atoms with Crippen molar-refractivity contribution in [3.63, 3.8) is 0 Å². The van der Waals surface area contributed by atoms with E-state index in [1.165, 1.54) is 38.5 Å². The first-order chi connectivity index (χ1) is 9.65. The zero-order valence-electron chi connectivity index (χ0n) is 11.3. The zero-order chi connectivity index (χ0) is 14.1. The van der Waals surface area contributed by atoms with E-state index in [0.29, 0.717) is 10.0 Å². The fourth-order valence-electron chi connectivity index (χ4n) is 3.21. The number of H-pyrrole nitrogens is 1. The maximum Gasteiger partial charge on any atom is 0.178 e. The molecular weight excluding hydrogens is 311 g/mol. The molecule has 0 amide bonds. The Morgan fingerprint density at radius 2 is 1.90 bits per heavy atom. The van der Waals surface area contributed by atoms with Gasteiger partial charge in [0, 0.05) is 6.54 Å². The lowest BCUT2D eigenvalue weighted by Crippen LogP contribution is -2.01. The van der Waals surface area contributed by atoms with E-state index in [0.717, 1.165) is 28.3 Å². The van der Waals surface area contributed by atoms with Crippen LogP contribution in [0.2, 0.25) is 10.0 Å². The Hall–Kier alpha value is -0.510.